The van der Waals surface area contributed by atoms with Gasteiger partial charge in [0.2, 0.25) is 0 Å². The molecule has 0 saturated heterocycles. The average Bonchev–Trinajstić information content (AvgIpc) is 3.45. The Balaban J connectivity index is 1.59. The van der Waals surface area contributed by atoms with E-state index < -0.39 is 35.5 Å². The van der Waals surface area contributed by atoms with Crippen molar-refractivity contribution in [3.05, 3.63) is 146 Å². The van der Waals surface area contributed by atoms with Gasteiger partial charge in [-0.15, -0.1) is 11.3 Å². The number of nitrogens with one attached hydrogen (secondary N) is 2. The van der Waals surface area contributed by atoms with Crippen LogP contribution in [0, 0.1) is 11.6 Å². The largest absolute Gasteiger partial charge is 0.508 e. The van der Waals surface area contributed by atoms with Crippen LogP contribution in [0.4, 0.5) is 19.3 Å². The van der Waals surface area contributed by atoms with E-state index in [-0.39, 0.29) is 33.8 Å². The van der Waals surface area contributed by atoms with Crippen LogP contribution in [0.2, 0.25) is 0 Å². The molecule has 0 saturated carbocycles. The molecule has 0 aliphatic rings. The van der Waals surface area contributed by atoms with E-state index in [0.717, 1.165) is 33.6 Å². The summed E-state index contributed by atoms with van der Waals surface area (Å²) in [6, 6.07) is 25.1. The number of hydroxylamine groups is 1. The molecular weight excluding hydrogens is 652 g/mol. The molecule has 0 bridgehead atoms. The Kier molecular flexibility index (Phi) is 9.67. The van der Waals surface area contributed by atoms with E-state index in [0.29, 0.717) is 28.2 Å². The Morgan fingerprint density at radius 3 is 2.20 bits per heavy atom. The van der Waals surface area contributed by atoms with E-state index in [2.05, 4.69) is 15.6 Å². The Labute approximate surface area is 283 Å². The summed E-state index contributed by atoms with van der Waals surface area (Å²) >= 11 is 1.16. The lowest BCUT2D eigenvalue weighted by atomic mass is 10.1. The zero-order valence-corrected chi connectivity index (χ0v) is 27.3. The van der Waals surface area contributed by atoms with Gasteiger partial charge in [0, 0.05) is 29.2 Å². The fraction of sp³-hybridized carbons (Fsp3) is 0.139. The van der Waals surface area contributed by atoms with Crippen LogP contribution in [0.15, 0.2) is 107 Å². The molecule has 0 aliphatic heterocycles. The van der Waals surface area contributed by atoms with Gasteiger partial charge in [0.15, 0.2) is 0 Å². The van der Waals surface area contributed by atoms with Crippen LogP contribution in [-0.2, 0) is 24.5 Å². The molecule has 2 aromatic heterocycles. The maximum atomic E-state index is 15.0. The van der Waals surface area contributed by atoms with Gasteiger partial charge in [-0.05, 0) is 72.3 Å². The third kappa shape index (κ3) is 6.99. The number of nitrogens with zero attached hydrogens (tertiary/aromatic N) is 3. The molecule has 0 atom stereocenters. The van der Waals surface area contributed by atoms with Gasteiger partial charge in [0.1, 0.15) is 22.2 Å². The van der Waals surface area contributed by atoms with E-state index in [1.807, 2.05) is 42.3 Å². The molecule has 49 heavy (non-hydrogen) atoms. The highest BCUT2D eigenvalue weighted by molar-refractivity contribution is 7.22. The van der Waals surface area contributed by atoms with Crippen LogP contribution in [-0.4, -0.2) is 39.3 Å². The van der Waals surface area contributed by atoms with Gasteiger partial charge in [0.25, 0.3) is 5.56 Å². The number of thiophene rings is 1. The molecule has 250 valence electrons. The van der Waals surface area contributed by atoms with Crippen molar-refractivity contribution in [1.29, 1.82) is 0 Å². The minimum Gasteiger partial charge on any atom is -0.508 e. The fourth-order valence-corrected chi connectivity index (χ4v) is 6.94. The van der Waals surface area contributed by atoms with Gasteiger partial charge in [-0.25, -0.2) is 28.4 Å². The number of carbonyl (C=O) groups is 1. The molecule has 0 fully saturated rings. The average molecular weight is 684 g/mol. The van der Waals surface area contributed by atoms with Crippen molar-refractivity contribution in [1.82, 2.24) is 19.5 Å². The second-order valence-corrected chi connectivity index (χ2v) is 12.3. The number of halogens is 2. The number of aromatic hydroxyl groups is 1. The zero-order valence-electron chi connectivity index (χ0n) is 26.4. The Bertz CT molecular complexity index is 2230. The number of hydrogen-bond donors (Lipinski definition) is 3. The summed E-state index contributed by atoms with van der Waals surface area (Å²) in [6.45, 7) is 0.335. The minimum atomic E-state index is -0.831. The minimum absolute atomic E-state index is 0.0645. The molecule has 6 aromatic rings. The summed E-state index contributed by atoms with van der Waals surface area (Å²) in [5.41, 5.74) is 3.44. The van der Waals surface area contributed by atoms with E-state index in [1.54, 1.807) is 24.3 Å². The van der Waals surface area contributed by atoms with Crippen LogP contribution in [0.1, 0.15) is 16.7 Å². The molecule has 0 aliphatic carbocycles. The van der Waals surface area contributed by atoms with Crippen molar-refractivity contribution >= 4 is 33.3 Å². The standard InChI is InChI=1S/C36H31F2N5O5S/c1-41(19-22-7-4-3-5-8-22)20-28-31-33(45)43(25-15-17-26(44)18-16-25)36(47)42(21-27-29(37)9-6-10-30(27)38)34(31)49-32(28)23-11-13-24(14-12-23)39-35(46)40-48-2/h3-18,44H,19-21H2,1-2H3,(H2,39,40,46). The van der Waals surface area contributed by atoms with Crippen molar-refractivity contribution in [3.63, 3.8) is 0 Å². The van der Waals surface area contributed by atoms with Crippen LogP contribution in [0.3, 0.4) is 0 Å². The first kappa shape index (κ1) is 33.3. The topological polar surface area (TPSA) is 118 Å². The molecule has 10 nitrogen and oxygen atoms in total. The second-order valence-electron chi connectivity index (χ2n) is 11.3. The number of urea groups is 1. The normalized spacial score (nSPS) is 11.3. The van der Waals surface area contributed by atoms with Gasteiger partial charge in [0.05, 0.1) is 24.7 Å². The van der Waals surface area contributed by atoms with Crippen molar-refractivity contribution in [2.45, 2.75) is 19.6 Å². The van der Waals surface area contributed by atoms with Gasteiger partial charge in [-0.3, -0.25) is 19.1 Å². The third-order valence-electron chi connectivity index (χ3n) is 7.88. The smallest absolute Gasteiger partial charge is 0.343 e. The number of fused-ring (bicyclic) bond motifs is 1. The lowest BCUT2D eigenvalue weighted by Gasteiger charge is -2.18. The van der Waals surface area contributed by atoms with E-state index in [1.165, 1.54) is 42.0 Å². The van der Waals surface area contributed by atoms with Crippen LogP contribution < -0.4 is 22.0 Å². The molecule has 0 radical (unpaired) electrons. The Hall–Kier alpha value is -5.63. The third-order valence-corrected chi connectivity index (χ3v) is 9.19. The molecule has 2 heterocycles. The fourth-order valence-electron chi connectivity index (χ4n) is 5.64. The van der Waals surface area contributed by atoms with Crippen LogP contribution in [0.25, 0.3) is 26.3 Å². The quantitative estimate of drug-likeness (QED) is 0.148. The molecule has 2 amide bonds. The van der Waals surface area contributed by atoms with Gasteiger partial charge in [-0.2, -0.15) is 0 Å². The Morgan fingerprint density at radius 2 is 1.55 bits per heavy atom. The lowest BCUT2D eigenvalue weighted by Crippen LogP contribution is -2.39. The maximum Gasteiger partial charge on any atom is 0.343 e. The Morgan fingerprint density at radius 1 is 0.878 bits per heavy atom. The first-order chi connectivity index (χ1) is 23.6. The molecule has 0 unspecified atom stereocenters. The first-order valence-electron chi connectivity index (χ1n) is 15.1. The zero-order chi connectivity index (χ0) is 34.7. The molecule has 6 rings (SSSR count). The molecule has 0 spiro atoms. The summed E-state index contributed by atoms with van der Waals surface area (Å²) in [5, 5.41) is 12.8. The number of phenolic OH excluding ortho intramolecular Hbond substituents is 1. The van der Waals surface area contributed by atoms with E-state index >= 15 is 8.78 Å². The van der Waals surface area contributed by atoms with Crippen molar-refractivity contribution in [2.24, 2.45) is 0 Å². The predicted molar refractivity (Wildman–Crippen MR) is 185 cm³/mol. The summed E-state index contributed by atoms with van der Waals surface area (Å²) in [4.78, 5) is 48.2. The molecule has 3 N–H and O–H groups in total. The van der Waals surface area contributed by atoms with Crippen molar-refractivity contribution in [2.75, 3.05) is 19.5 Å². The second kappa shape index (κ2) is 14.2. The lowest BCUT2D eigenvalue weighted by molar-refractivity contribution is 0.114. The highest BCUT2D eigenvalue weighted by Gasteiger charge is 2.26. The number of phenols is 1. The van der Waals surface area contributed by atoms with Gasteiger partial charge < -0.3 is 10.4 Å². The maximum absolute atomic E-state index is 15.0. The van der Waals surface area contributed by atoms with E-state index in [9.17, 15) is 19.5 Å². The predicted octanol–water partition coefficient (Wildman–Crippen LogP) is 6.23. The number of benzene rings is 4. The molecule has 13 heteroatoms. The number of amides is 2. The number of aromatic nitrogens is 2. The first-order valence-corrected chi connectivity index (χ1v) is 15.9. The summed E-state index contributed by atoms with van der Waals surface area (Å²) in [5.74, 6) is -1.73. The summed E-state index contributed by atoms with van der Waals surface area (Å²) in [7, 11) is 3.22. The molecular formula is C36H31F2N5O5S. The van der Waals surface area contributed by atoms with Crippen molar-refractivity contribution < 1.29 is 23.5 Å². The highest BCUT2D eigenvalue weighted by Crippen LogP contribution is 2.39. The summed E-state index contributed by atoms with van der Waals surface area (Å²) < 4.78 is 32.2. The van der Waals surface area contributed by atoms with E-state index in [4.69, 9.17) is 0 Å². The number of anilines is 1. The monoisotopic (exact) mass is 683 g/mol. The van der Waals surface area contributed by atoms with Gasteiger partial charge in [-0.1, -0.05) is 48.5 Å². The van der Waals surface area contributed by atoms with Crippen molar-refractivity contribution in [3.8, 4) is 21.9 Å². The van der Waals surface area contributed by atoms with Crippen LogP contribution in [0.5, 0.6) is 5.75 Å². The number of hydrogen-bond acceptors (Lipinski definition) is 7. The van der Waals surface area contributed by atoms with Crippen LogP contribution >= 0.6 is 11.3 Å². The molecule has 4 aromatic carbocycles. The number of carbonyl (C=O) groups excluding carboxylic acids is 1. The highest BCUT2D eigenvalue weighted by atomic mass is 32.1. The van der Waals surface area contributed by atoms with Gasteiger partial charge >= 0.3 is 11.7 Å². The number of rotatable bonds is 10. The SMILES string of the molecule is CONC(=O)Nc1ccc(-c2sc3c(c2CN(C)Cc2ccccc2)c(=O)n(-c2ccc(O)cc2)c(=O)n3Cc2c(F)cccc2F)cc1. The summed E-state index contributed by atoms with van der Waals surface area (Å²) in [6.07, 6.45) is 0.